The van der Waals surface area contributed by atoms with Crippen LogP contribution in [0.3, 0.4) is 0 Å². The minimum atomic E-state index is -2.65. The summed E-state index contributed by atoms with van der Waals surface area (Å²) in [5, 5.41) is 11.0. The van der Waals surface area contributed by atoms with Crippen molar-refractivity contribution in [3.05, 3.63) is 272 Å². The lowest BCUT2D eigenvalue weighted by molar-refractivity contribution is 0.0825. The van der Waals surface area contributed by atoms with Crippen molar-refractivity contribution in [1.29, 1.82) is 0 Å². The summed E-state index contributed by atoms with van der Waals surface area (Å²) in [6.07, 6.45) is -2.65. The molecule has 12 aromatic rings. The molecular weight excluding hydrogens is 1060 g/mol. The highest BCUT2D eigenvalue weighted by atomic mass is 19.3. The molecule has 12 rings (SSSR count). The zero-order chi connectivity index (χ0) is 58.0. The van der Waals surface area contributed by atoms with Crippen molar-refractivity contribution < 1.29 is 22.6 Å². The molecule has 0 amide bonds. The fourth-order valence-corrected chi connectivity index (χ4v) is 9.26. The summed E-state index contributed by atoms with van der Waals surface area (Å²) in [6, 6.07) is 65.3. The average molecular weight is 1110 g/mol. The SMILES string of the molecule is COc1cccc(Nc2cc(=O)c3ccc(C)nc3n2-c2ccccc2)c1.Cc1cc(OCC(F)F)c2c(=O)cc(Nc3ccccc3)n(-c3ccccc3)c2n1.Cc1ccc2c(=O)cc(Nc3cccc(F)c3)n(-c3ccccc3)c2n1. The van der Waals surface area contributed by atoms with Gasteiger partial charge in [-0.2, -0.15) is 0 Å². The quantitative estimate of drug-likeness (QED) is 0.101. The molecule has 83 heavy (non-hydrogen) atoms. The van der Waals surface area contributed by atoms with Crippen LogP contribution in [0.15, 0.2) is 233 Å². The maximum absolute atomic E-state index is 13.6. The first-order valence-corrected chi connectivity index (χ1v) is 26.3. The van der Waals surface area contributed by atoms with E-state index in [4.69, 9.17) is 9.47 Å². The van der Waals surface area contributed by atoms with E-state index in [0.717, 1.165) is 45.6 Å². The van der Waals surface area contributed by atoms with E-state index in [2.05, 4.69) is 30.9 Å². The molecule has 6 aromatic carbocycles. The predicted molar refractivity (Wildman–Crippen MR) is 323 cm³/mol. The summed E-state index contributed by atoms with van der Waals surface area (Å²) in [6.45, 7) is 4.73. The molecule has 6 aromatic heterocycles. The minimum absolute atomic E-state index is 0.0740. The summed E-state index contributed by atoms with van der Waals surface area (Å²) >= 11 is 0. The van der Waals surface area contributed by atoms with Crippen LogP contribution < -0.4 is 41.7 Å². The third-order valence-corrected chi connectivity index (χ3v) is 13.0. The molecule has 3 N–H and O–H groups in total. The second-order valence-electron chi connectivity index (χ2n) is 19.0. The molecule has 14 nitrogen and oxygen atoms in total. The van der Waals surface area contributed by atoms with Crippen molar-refractivity contribution in [2.75, 3.05) is 29.7 Å². The van der Waals surface area contributed by atoms with Crippen LogP contribution in [0.1, 0.15) is 17.1 Å². The van der Waals surface area contributed by atoms with Crippen molar-refractivity contribution in [3.63, 3.8) is 0 Å². The first-order chi connectivity index (χ1) is 40.3. The van der Waals surface area contributed by atoms with Gasteiger partial charge >= 0.3 is 0 Å². The Hall–Kier alpha value is -10.8. The van der Waals surface area contributed by atoms with E-state index >= 15 is 0 Å². The number of anilines is 6. The molecule has 0 saturated carbocycles. The van der Waals surface area contributed by atoms with E-state index in [1.807, 2.05) is 187 Å². The van der Waals surface area contributed by atoms with Crippen molar-refractivity contribution in [2.24, 2.45) is 0 Å². The Morgan fingerprint density at radius 2 is 0.867 bits per heavy atom. The molecule has 0 aliphatic carbocycles. The predicted octanol–water partition coefficient (Wildman–Crippen LogP) is 14.1. The van der Waals surface area contributed by atoms with E-state index in [-0.39, 0.29) is 33.2 Å². The van der Waals surface area contributed by atoms with Crippen LogP contribution in [0.25, 0.3) is 50.2 Å². The smallest absolute Gasteiger partial charge is 0.272 e. The molecular formula is C66H54F3N9O5. The number of aromatic nitrogens is 6. The number of benzene rings is 6. The monoisotopic (exact) mass is 1110 g/mol. The van der Waals surface area contributed by atoms with Gasteiger partial charge in [-0.05, 0) is 124 Å². The summed E-state index contributed by atoms with van der Waals surface area (Å²) in [4.78, 5) is 52.1. The number of fused-ring (bicyclic) bond motifs is 3. The Kier molecular flexibility index (Phi) is 16.8. The van der Waals surface area contributed by atoms with Gasteiger partial charge in [0.25, 0.3) is 6.43 Å². The number of aryl methyl sites for hydroxylation is 3. The molecule has 0 atom stereocenters. The zero-order valence-corrected chi connectivity index (χ0v) is 45.4. The lowest BCUT2D eigenvalue weighted by Gasteiger charge is -2.19. The van der Waals surface area contributed by atoms with Crippen molar-refractivity contribution in [2.45, 2.75) is 27.2 Å². The van der Waals surface area contributed by atoms with Crippen LogP contribution in [0, 0.1) is 26.6 Å². The van der Waals surface area contributed by atoms with Gasteiger partial charge in [0.15, 0.2) is 21.9 Å². The number of pyridine rings is 6. The third kappa shape index (κ3) is 13.0. The Morgan fingerprint density at radius 1 is 0.446 bits per heavy atom. The number of methoxy groups -OCH3 is 1. The van der Waals surface area contributed by atoms with Gasteiger partial charge in [0, 0.05) is 81.5 Å². The molecule has 0 saturated heterocycles. The van der Waals surface area contributed by atoms with Gasteiger partial charge in [-0.25, -0.2) is 28.1 Å². The van der Waals surface area contributed by atoms with Crippen molar-refractivity contribution in [3.8, 4) is 28.6 Å². The number of ether oxygens (including phenoxy) is 2. The number of rotatable bonds is 13. The maximum Gasteiger partial charge on any atom is 0.272 e. The van der Waals surface area contributed by atoms with Gasteiger partial charge in [-0.3, -0.25) is 28.1 Å². The van der Waals surface area contributed by atoms with Gasteiger partial charge in [-0.15, -0.1) is 0 Å². The summed E-state index contributed by atoms with van der Waals surface area (Å²) in [5.41, 5.74) is 7.86. The van der Waals surface area contributed by atoms with Crippen LogP contribution in [0.5, 0.6) is 11.5 Å². The molecule has 0 bridgehead atoms. The fraction of sp³-hybridized carbons (Fsp3) is 0.0909. The molecule has 0 aliphatic rings. The average Bonchev–Trinajstić information content (AvgIpc) is 3.03. The summed E-state index contributed by atoms with van der Waals surface area (Å²) in [7, 11) is 1.63. The number of para-hydroxylation sites is 4. The minimum Gasteiger partial charge on any atom is -0.497 e. The van der Waals surface area contributed by atoms with Gasteiger partial charge in [0.2, 0.25) is 0 Å². The molecule has 6 heterocycles. The van der Waals surface area contributed by atoms with Crippen LogP contribution in [-0.4, -0.2) is 48.8 Å². The van der Waals surface area contributed by atoms with E-state index in [1.165, 1.54) is 30.3 Å². The molecule has 0 unspecified atom stereocenters. The van der Waals surface area contributed by atoms with Crippen LogP contribution in [0.4, 0.5) is 47.7 Å². The Labute approximate surface area is 474 Å². The number of nitrogens with zero attached hydrogens (tertiary/aromatic N) is 6. The summed E-state index contributed by atoms with van der Waals surface area (Å²) in [5.74, 6) is 2.16. The highest BCUT2D eigenvalue weighted by molar-refractivity contribution is 5.87. The van der Waals surface area contributed by atoms with Gasteiger partial charge in [-0.1, -0.05) is 84.9 Å². The Morgan fingerprint density at radius 3 is 1.35 bits per heavy atom. The van der Waals surface area contributed by atoms with E-state index in [0.29, 0.717) is 56.5 Å². The normalized spacial score (nSPS) is 10.9. The van der Waals surface area contributed by atoms with Crippen molar-refractivity contribution >= 4 is 67.6 Å². The Balaban J connectivity index is 0.000000139. The molecule has 0 fully saturated rings. The Bertz CT molecular complexity index is 4450. The number of halogens is 3. The maximum atomic E-state index is 13.6. The number of hydrogen-bond donors (Lipinski definition) is 3. The number of alkyl halides is 2. The van der Waals surface area contributed by atoms with Crippen LogP contribution in [-0.2, 0) is 0 Å². The number of hydrogen-bond acceptors (Lipinski definition) is 11. The fourth-order valence-electron chi connectivity index (χ4n) is 9.26. The first-order valence-electron chi connectivity index (χ1n) is 26.3. The largest absolute Gasteiger partial charge is 0.497 e. The molecule has 0 radical (unpaired) electrons. The van der Waals surface area contributed by atoms with E-state index in [9.17, 15) is 27.6 Å². The molecule has 0 spiro atoms. The zero-order valence-electron chi connectivity index (χ0n) is 45.4. The highest BCUT2D eigenvalue weighted by Gasteiger charge is 2.20. The lowest BCUT2D eigenvalue weighted by atomic mass is 10.2. The van der Waals surface area contributed by atoms with E-state index in [1.54, 1.807) is 42.9 Å². The molecule has 414 valence electrons. The van der Waals surface area contributed by atoms with E-state index < -0.39 is 13.0 Å². The highest BCUT2D eigenvalue weighted by Crippen LogP contribution is 2.31. The van der Waals surface area contributed by atoms with Gasteiger partial charge in [0.1, 0.15) is 58.1 Å². The van der Waals surface area contributed by atoms with Crippen LogP contribution >= 0.6 is 0 Å². The molecule has 17 heteroatoms. The van der Waals surface area contributed by atoms with Gasteiger partial charge in [0.05, 0.1) is 17.9 Å². The first kappa shape index (κ1) is 55.5. The second kappa shape index (κ2) is 25.1. The lowest BCUT2D eigenvalue weighted by Crippen LogP contribution is -2.16. The summed E-state index contributed by atoms with van der Waals surface area (Å²) < 4.78 is 55.2. The standard InChI is InChI=1S/C23H19F2N3O2.C22H19N3O2.C21H16FN3O/c1-15-12-19(30-14-20(24)25)22-18(29)13-21(27-16-8-4-2-5-9-16)28(23(22)26-15)17-10-6-3-7-11-17;1-15-11-12-19-20(26)14-21(24-16-7-6-10-18(13-16)27-2)25(22(19)23-15)17-8-4-3-5-9-17;1-14-10-11-18-19(26)13-20(24-16-7-5-6-15(22)12-16)25(21(18)23-14)17-8-3-2-4-9-17/h2-13,20,27H,14H2,1H3;3-14,24H,1-2H3;2-13,24H,1H3. The van der Waals surface area contributed by atoms with Crippen molar-refractivity contribution in [1.82, 2.24) is 28.7 Å². The van der Waals surface area contributed by atoms with Gasteiger partial charge < -0.3 is 25.4 Å². The topological polar surface area (TPSA) is 159 Å². The molecule has 0 aliphatic heterocycles. The van der Waals surface area contributed by atoms with Crippen LogP contribution in [0.2, 0.25) is 0 Å². The second-order valence-corrected chi connectivity index (χ2v) is 19.0. The number of nitrogens with one attached hydrogen (secondary N) is 3. The third-order valence-electron chi connectivity index (χ3n) is 13.0.